The quantitative estimate of drug-likeness (QED) is 0.414. The summed E-state index contributed by atoms with van der Waals surface area (Å²) < 4.78 is 24.2. The Labute approximate surface area is 190 Å². The summed E-state index contributed by atoms with van der Waals surface area (Å²) in [7, 11) is 3.23. The molecule has 0 aliphatic heterocycles. The van der Waals surface area contributed by atoms with Crippen molar-refractivity contribution in [3.05, 3.63) is 65.2 Å². The molecule has 8 nitrogen and oxygen atoms in total. The van der Waals surface area contributed by atoms with Gasteiger partial charge in [-0.1, -0.05) is 6.07 Å². The largest absolute Gasteiger partial charge is 0.497 e. The van der Waals surface area contributed by atoms with Crippen molar-refractivity contribution in [3.8, 4) is 28.4 Å². The van der Waals surface area contributed by atoms with Crippen LogP contribution in [0.5, 0.6) is 17.2 Å². The Balaban J connectivity index is 1.44. The lowest BCUT2D eigenvalue weighted by molar-refractivity contribution is 0.201. The van der Waals surface area contributed by atoms with Crippen LogP contribution in [0.2, 0.25) is 0 Å². The van der Waals surface area contributed by atoms with E-state index >= 15 is 0 Å². The minimum atomic E-state index is -0.380. The van der Waals surface area contributed by atoms with E-state index in [9.17, 15) is 4.79 Å². The van der Waals surface area contributed by atoms with E-state index in [4.69, 9.17) is 18.6 Å². The molecule has 4 aromatic rings. The fraction of sp³-hybridized carbons (Fsp3) is 0.320. The summed E-state index contributed by atoms with van der Waals surface area (Å²) >= 11 is 0. The van der Waals surface area contributed by atoms with E-state index in [2.05, 4.69) is 9.97 Å². The molecule has 1 saturated carbocycles. The fourth-order valence-corrected chi connectivity index (χ4v) is 4.15. The van der Waals surface area contributed by atoms with Gasteiger partial charge in [-0.3, -0.25) is 4.57 Å². The zero-order chi connectivity index (χ0) is 22.8. The van der Waals surface area contributed by atoms with Crippen molar-refractivity contribution < 1.29 is 18.6 Å². The predicted molar refractivity (Wildman–Crippen MR) is 123 cm³/mol. The van der Waals surface area contributed by atoms with Gasteiger partial charge in [0, 0.05) is 24.0 Å². The molecule has 5 rings (SSSR count). The van der Waals surface area contributed by atoms with Crippen molar-refractivity contribution in [2.75, 3.05) is 14.2 Å². The average molecular weight is 447 g/mol. The number of fused-ring (bicyclic) bond motifs is 1. The van der Waals surface area contributed by atoms with Gasteiger partial charge in [0.25, 0.3) is 0 Å². The van der Waals surface area contributed by atoms with Gasteiger partial charge in [0.2, 0.25) is 5.89 Å². The van der Waals surface area contributed by atoms with E-state index in [0.717, 1.165) is 24.0 Å². The molecule has 1 aliphatic rings. The van der Waals surface area contributed by atoms with Crippen LogP contribution >= 0.6 is 0 Å². The van der Waals surface area contributed by atoms with Gasteiger partial charge in [-0.2, -0.15) is 0 Å². The highest BCUT2D eigenvalue weighted by molar-refractivity contribution is 5.74. The van der Waals surface area contributed by atoms with Crippen LogP contribution in [0.4, 0.5) is 0 Å². The second-order valence-electron chi connectivity index (χ2n) is 8.08. The molecule has 0 atom stereocenters. The minimum Gasteiger partial charge on any atom is -0.497 e. The van der Waals surface area contributed by atoms with E-state index in [0.29, 0.717) is 34.2 Å². The number of rotatable bonds is 7. The maximum absolute atomic E-state index is 12.4. The van der Waals surface area contributed by atoms with Gasteiger partial charge in [0.05, 0.1) is 20.3 Å². The Hall–Kier alpha value is -3.81. The number of aromatic nitrogens is 3. The Morgan fingerprint density at radius 2 is 1.88 bits per heavy atom. The Kier molecular flexibility index (Phi) is 5.73. The Bertz CT molecular complexity index is 1340. The topological polar surface area (TPSA) is 88.6 Å². The third-order valence-corrected chi connectivity index (χ3v) is 5.89. The first-order chi connectivity index (χ1) is 16.1. The molecule has 2 heterocycles. The summed E-state index contributed by atoms with van der Waals surface area (Å²) in [6.45, 7) is 0.165. The average Bonchev–Trinajstić information content (AvgIpc) is 3.49. The number of oxazole rings is 1. The Morgan fingerprint density at radius 1 is 1.03 bits per heavy atom. The summed E-state index contributed by atoms with van der Waals surface area (Å²) in [4.78, 5) is 21.0. The summed E-state index contributed by atoms with van der Waals surface area (Å²) in [5, 5.41) is 0. The van der Waals surface area contributed by atoms with Crippen LogP contribution < -0.4 is 19.9 Å². The first-order valence-electron chi connectivity index (χ1n) is 11.0. The Morgan fingerprint density at radius 3 is 2.67 bits per heavy atom. The van der Waals surface area contributed by atoms with Gasteiger partial charge in [0.1, 0.15) is 17.8 Å². The monoisotopic (exact) mass is 447 g/mol. The van der Waals surface area contributed by atoms with Crippen LogP contribution in [0.15, 0.2) is 58.0 Å². The molecule has 0 saturated heterocycles. The number of hydrogen-bond acceptors (Lipinski definition) is 7. The lowest BCUT2D eigenvalue weighted by atomic mass is 10.1. The third kappa shape index (κ3) is 4.41. The highest BCUT2D eigenvalue weighted by Crippen LogP contribution is 2.35. The van der Waals surface area contributed by atoms with Crippen LogP contribution in [-0.2, 0) is 6.54 Å². The van der Waals surface area contributed by atoms with Crippen LogP contribution in [0.25, 0.3) is 22.2 Å². The highest BCUT2D eigenvalue weighted by Gasteiger charge is 2.19. The zero-order valence-electron chi connectivity index (χ0n) is 18.6. The number of ether oxygens (including phenoxy) is 3. The van der Waals surface area contributed by atoms with E-state index < -0.39 is 0 Å². The molecule has 0 radical (unpaired) electrons. The first-order valence-corrected chi connectivity index (χ1v) is 11.0. The lowest BCUT2D eigenvalue weighted by Crippen LogP contribution is -2.22. The molecule has 0 spiro atoms. The van der Waals surface area contributed by atoms with Gasteiger partial charge < -0.3 is 18.6 Å². The number of methoxy groups -OCH3 is 2. The van der Waals surface area contributed by atoms with Crippen molar-refractivity contribution in [3.63, 3.8) is 0 Å². The van der Waals surface area contributed by atoms with Crippen molar-refractivity contribution >= 4 is 11.1 Å². The molecule has 0 bridgehead atoms. The molecule has 8 heteroatoms. The van der Waals surface area contributed by atoms with Gasteiger partial charge in [0.15, 0.2) is 17.1 Å². The smallest absolute Gasteiger partial charge is 0.348 e. The molecular formula is C25H25N3O5. The molecule has 2 aromatic carbocycles. The summed E-state index contributed by atoms with van der Waals surface area (Å²) in [6, 6.07) is 11.1. The molecule has 0 amide bonds. The normalized spacial score (nSPS) is 14.0. The van der Waals surface area contributed by atoms with Crippen LogP contribution in [-0.4, -0.2) is 34.9 Å². The van der Waals surface area contributed by atoms with Crippen LogP contribution in [0.3, 0.4) is 0 Å². The molecule has 0 N–H and O–H groups in total. The molecule has 2 aromatic heterocycles. The van der Waals surface area contributed by atoms with E-state index in [1.807, 2.05) is 18.2 Å². The van der Waals surface area contributed by atoms with Gasteiger partial charge in [-0.15, -0.1) is 0 Å². The summed E-state index contributed by atoms with van der Waals surface area (Å²) in [5.74, 6) is 2.50. The van der Waals surface area contributed by atoms with Crippen LogP contribution in [0.1, 0.15) is 31.6 Å². The SMILES string of the molecule is COc1ccc2oc(Cn3cc(-c4ccc(OC)c(OC5CCCC5)c4)cnc3=O)nc2c1. The van der Waals surface area contributed by atoms with Gasteiger partial charge >= 0.3 is 5.69 Å². The van der Waals surface area contributed by atoms with E-state index in [1.165, 1.54) is 17.4 Å². The minimum absolute atomic E-state index is 0.165. The second kappa shape index (κ2) is 8.97. The molecular weight excluding hydrogens is 422 g/mol. The second-order valence-corrected chi connectivity index (χ2v) is 8.08. The standard InChI is InChI=1S/C25H25N3O5/c1-30-19-8-10-21-20(12-19)27-24(33-21)15-28-14-17(13-26-25(28)29)16-7-9-22(31-2)23(11-16)32-18-5-3-4-6-18/h7-14,18H,3-6,15H2,1-2H3. The molecule has 1 aliphatic carbocycles. The van der Waals surface area contributed by atoms with Gasteiger partial charge in [-0.05, 0) is 55.5 Å². The molecule has 0 unspecified atom stereocenters. The number of nitrogens with zero attached hydrogens (tertiary/aromatic N) is 3. The lowest BCUT2D eigenvalue weighted by Gasteiger charge is -2.17. The maximum Gasteiger partial charge on any atom is 0.348 e. The van der Waals surface area contributed by atoms with E-state index in [-0.39, 0.29) is 18.3 Å². The summed E-state index contributed by atoms with van der Waals surface area (Å²) in [5.41, 5.74) is 2.59. The van der Waals surface area contributed by atoms with Gasteiger partial charge in [-0.25, -0.2) is 14.8 Å². The molecule has 170 valence electrons. The van der Waals surface area contributed by atoms with Crippen molar-refractivity contribution in [2.24, 2.45) is 0 Å². The third-order valence-electron chi connectivity index (χ3n) is 5.89. The van der Waals surface area contributed by atoms with Crippen molar-refractivity contribution in [1.29, 1.82) is 0 Å². The highest BCUT2D eigenvalue weighted by atomic mass is 16.5. The van der Waals surface area contributed by atoms with Crippen molar-refractivity contribution in [1.82, 2.24) is 14.5 Å². The molecule has 33 heavy (non-hydrogen) atoms. The molecule has 1 fully saturated rings. The van der Waals surface area contributed by atoms with Crippen molar-refractivity contribution in [2.45, 2.75) is 38.3 Å². The van der Waals surface area contributed by atoms with Crippen LogP contribution in [0, 0.1) is 0 Å². The van der Waals surface area contributed by atoms with E-state index in [1.54, 1.807) is 44.8 Å². The fourth-order valence-electron chi connectivity index (χ4n) is 4.15. The first kappa shape index (κ1) is 21.1. The predicted octanol–water partition coefficient (Wildman–Crippen LogP) is 4.44. The zero-order valence-corrected chi connectivity index (χ0v) is 18.6. The number of benzene rings is 2. The number of hydrogen-bond donors (Lipinski definition) is 0. The summed E-state index contributed by atoms with van der Waals surface area (Å²) in [6.07, 6.45) is 8.00. The maximum atomic E-state index is 12.4.